The first-order chi connectivity index (χ1) is 12.7. The molecule has 4 N–H and O–H groups in total. The Morgan fingerprint density at radius 2 is 1.67 bits per heavy atom. The highest BCUT2D eigenvalue weighted by molar-refractivity contribution is 9.10. The fourth-order valence-corrected chi connectivity index (χ4v) is 2.41. The summed E-state index contributed by atoms with van der Waals surface area (Å²) in [6.45, 7) is 0. The van der Waals surface area contributed by atoms with Crippen LogP contribution in [0, 0.1) is 0 Å². The molecule has 7 nitrogen and oxygen atoms in total. The summed E-state index contributed by atoms with van der Waals surface area (Å²) in [6.07, 6.45) is -1.07. The van der Waals surface area contributed by atoms with Crippen LogP contribution in [0.4, 0.5) is 42.1 Å². The molecule has 0 aliphatic rings. The number of aromatic nitrogens is 4. The molecule has 3 rings (SSSR count). The van der Waals surface area contributed by atoms with Crippen LogP contribution in [0.1, 0.15) is 5.56 Å². The molecule has 0 aliphatic carbocycles. The van der Waals surface area contributed by atoms with Crippen LogP contribution in [-0.2, 0) is 6.18 Å². The topological polar surface area (TPSA) is 102 Å². The van der Waals surface area contributed by atoms with Crippen LogP contribution in [0.2, 0.25) is 5.02 Å². The van der Waals surface area contributed by atoms with Crippen molar-refractivity contribution in [3.63, 3.8) is 0 Å². The van der Waals surface area contributed by atoms with E-state index in [0.29, 0.717) is 12.0 Å². The second-order valence-corrected chi connectivity index (χ2v) is 6.47. The number of pyridine rings is 2. The number of nitrogens with zero attached hydrogens (tertiary/aromatic N) is 4. The van der Waals surface area contributed by atoms with E-state index < -0.39 is 11.7 Å². The Morgan fingerprint density at radius 1 is 0.963 bits per heavy atom. The van der Waals surface area contributed by atoms with Crippen molar-refractivity contribution in [3.05, 3.63) is 52.0 Å². The number of rotatable bonds is 4. The average Bonchev–Trinajstić information content (AvgIpc) is 2.61. The molecule has 12 heteroatoms. The molecular weight excluding hydrogens is 451 g/mol. The van der Waals surface area contributed by atoms with E-state index in [0.717, 1.165) is 10.5 Å². The maximum atomic E-state index is 12.7. The molecule has 3 heterocycles. The van der Waals surface area contributed by atoms with E-state index in [4.69, 9.17) is 17.3 Å². The van der Waals surface area contributed by atoms with Gasteiger partial charge in [0.1, 0.15) is 23.7 Å². The van der Waals surface area contributed by atoms with Crippen molar-refractivity contribution in [3.8, 4) is 0 Å². The van der Waals surface area contributed by atoms with Gasteiger partial charge in [0.25, 0.3) is 0 Å². The van der Waals surface area contributed by atoms with E-state index >= 15 is 0 Å². The van der Waals surface area contributed by atoms with Crippen molar-refractivity contribution >= 4 is 56.5 Å². The lowest BCUT2D eigenvalue weighted by Crippen LogP contribution is -2.08. The standard InChI is InChI=1S/C15H10BrClF3N7/c16-8-1-2-10(22-5-8)26-13-11(21)14(25-6-24-13)27-12-9(17)3-7(4-23-12)15(18,19)20/h1-6H,21H2,(H2,22,23,24,25,26,27). The average molecular weight is 461 g/mol. The van der Waals surface area contributed by atoms with Gasteiger partial charge >= 0.3 is 6.18 Å². The highest BCUT2D eigenvalue weighted by Gasteiger charge is 2.31. The van der Waals surface area contributed by atoms with Crippen molar-refractivity contribution in [2.24, 2.45) is 0 Å². The van der Waals surface area contributed by atoms with E-state index in [9.17, 15) is 13.2 Å². The van der Waals surface area contributed by atoms with Crippen molar-refractivity contribution in [1.82, 2.24) is 19.9 Å². The zero-order valence-electron chi connectivity index (χ0n) is 13.2. The first kappa shape index (κ1) is 19.1. The Labute approximate surface area is 164 Å². The minimum Gasteiger partial charge on any atom is -0.393 e. The predicted octanol–water partition coefficient (Wildman–Crippen LogP) is 4.77. The molecule has 0 unspecified atom stereocenters. The van der Waals surface area contributed by atoms with Gasteiger partial charge in [0.15, 0.2) is 11.6 Å². The van der Waals surface area contributed by atoms with Gasteiger partial charge in [-0.25, -0.2) is 19.9 Å². The van der Waals surface area contributed by atoms with Gasteiger partial charge in [0, 0.05) is 16.9 Å². The van der Waals surface area contributed by atoms with Gasteiger partial charge in [-0.05, 0) is 34.1 Å². The smallest absolute Gasteiger partial charge is 0.393 e. The summed E-state index contributed by atoms with van der Waals surface area (Å²) in [5.74, 6) is 0.840. The fourth-order valence-electron chi connectivity index (χ4n) is 1.96. The lowest BCUT2D eigenvalue weighted by atomic mass is 10.2. The molecule has 0 aromatic carbocycles. The monoisotopic (exact) mass is 459 g/mol. The number of hydrogen-bond acceptors (Lipinski definition) is 7. The van der Waals surface area contributed by atoms with Crippen LogP contribution in [0.15, 0.2) is 41.4 Å². The minimum atomic E-state index is -4.54. The second kappa shape index (κ2) is 7.53. The Bertz CT molecular complexity index is 967. The highest BCUT2D eigenvalue weighted by Crippen LogP contribution is 2.34. The minimum absolute atomic E-state index is 0.0252. The van der Waals surface area contributed by atoms with Crippen molar-refractivity contribution in [2.45, 2.75) is 6.18 Å². The number of hydrogen-bond donors (Lipinski definition) is 3. The predicted molar refractivity (Wildman–Crippen MR) is 99.2 cm³/mol. The Morgan fingerprint density at radius 3 is 2.26 bits per heavy atom. The zero-order chi connectivity index (χ0) is 19.6. The number of alkyl halides is 3. The van der Waals surface area contributed by atoms with Crippen LogP contribution in [0.25, 0.3) is 0 Å². The summed E-state index contributed by atoms with van der Waals surface area (Å²) in [5.41, 5.74) is 5.17. The van der Waals surface area contributed by atoms with Crippen LogP contribution in [0.5, 0.6) is 0 Å². The molecule has 27 heavy (non-hydrogen) atoms. The Balaban J connectivity index is 1.85. The molecule has 3 aromatic rings. The largest absolute Gasteiger partial charge is 0.417 e. The third-order valence-electron chi connectivity index (χ3n) is 3.26. The molecule has 0 radical (unpaired) electrons. The molecule has 3 aromatic heterocycles. The van der Waals surface area contributed by atoms with E-state index in [2.05, 4.69) is 46.5 Å². The van der Waals surface area contributed by atoms with Crippen molar-refractivity contribution in [1.29, 1.82) is 0 Å². The molecule has 0 amide bonds. The summed E-state index contributed by atoms with van der Waals surface area (Å²) in [7, 11) is 0. The van der Waals surface area contributed by atoms with Gasteiger partial charge in [-0.15, -0.1) is 0 Å². The molecular formula is C15H10BrClF3N7. The first-order valence-corrected chi connectivity index (χ1v) is 8.40. The third kappa shape index (κ3) is 4.55. The molecule has 0 spiro atoms. The van der Waals surface area contributed by atoms with E-state index in [1.54, 1.807) is 18.3 Å². The molecule has 0 aliphatic heterocycles. The maximum Gasteiger partial charge on any atom is 0.417 e. The summed E-state index contributed by atoms with van der Waals surface area (Å²) in [6, 6.07) is 4.24. The number of nitrogens with one attached hydrogen (secondary N) is 2. The van der Waals surface area contributed by atoms with Crippen LogP contribution < -0.4 is 16.4 Å². The number of anilines is 5. The van der Waals surface area contributed by atoms with Crippen molar-refractivity contribution < 1.29 is 13.2 Å². The van der Waals surface area contributed by atoms with Crippen LogP contribution in [-0.4, -0.2) is 19.9 Å². The molecule has 0 fully saturated rings. The first-order valence-electron chi connectivity index (χ1n) is 7.23. The number of nitrogens with two attached hydrogens (primary N) is 1. The van der Waals surface area contributed by atoms with E-state index in [-0.39, 0.29) is 28.2 Å². The number of nitrogen functional groups attached to an aromatic ring is 1. The quantitative estimate of drug-likeness (QED) is 0.515. The van der Waals surface area contributed by atoms with Gasteiger partial charge in [0.2, 0.25) is 0 Å². The molecule has 0 saturated heterocycles. The van der Waals surface area contributed by atoms with E-state index in [1.165, 1.54) is 6.33 Å². The fraction of sp³-hybridized carbons (Fsp3) is 0.0667. The maximum absolute atomic E-state index is 12.7. The summed E-state index contributed by atoms with van der Waals surface area (Å²) in [4.78, 5) is 15.8. The van der Waals surface area contributed by atoms with Crippen molar-refractivity contribution in [2.75, 3.05) is 16.4 Å². The third-order valence-corrected chi connectivity index (χ3v) is 4.02. The Kier molecular flexibility index (Phi) is 5.33. The molecule has 0 bridgehead atoms. The van der Waals surface area contributed by atoms with Crippen LogP contribution >= 0.6 is 27.5 Å². The highest BCUT2D eigenvalue weighted by atomic mass is 79.9. The van der Waals surface area contributed by atoms with Crippen LogP contribution in [0.3, 0.4) is 0 Å². The molecule has 140 valence electrons. The van der Waals surface area contributed by atoms with Gasteiger partial charge < -0.3 is 16.4 Å². The van der Waals surface area contributed by atoms with E-state index in [1.807, 2.05) is 0 Å². The normalized spacial score (nSPS) is 11.3. The van der Waals surface area contributed by atoms with Gasteiger partial charge in [0.05, 0.1) is 10.6 Å². The Hall–Kier alpha value is -2.66. The van der Waals surface area contributed by atoms with Gasteiger partial charge in [-0.2, -0.15) is 13.2 Å². The lowest BCUT2D eigenvalue weighted by molar-refractivity contribution is -0.137. The van der Waals surface area contributed by atoms with Gasteiger partial charge in [-0.3, -0.25) is 0 Å². The summed E-state index contributed by atoms with van der Waals surface area (Å²) >= 11 is 9.16. The SMILES string of the molecule is Nc1c(Nc2ccc(Br)cn2)ncnc1Nc1ncc(C(F)(F)F)cc1Cl. The molecule has 0 saturated carbocycles. The van der Waals surface area contributed by atoms with Gasteiger partial charge in [-0.1, -0.05) is 11.6 Å². The lowest BCUT2D eigenvalue weighted by Gasteiger charge is -2.13. The second-order valence-electron chi connectivity index (χ2n) is 5.15. The molecule has 0 atom stereocenters. The summed E-state index contributed by atoms with van der Waals surface area (Å²) < 4.78 is 38.9. The number of halogens is 5. The summed E-state index contributed by atoms with van der Waals surface area (Å²) in [5, 5.41) is 5.39. The zero-order valence-corrected chi connectivity index (χ0v) is 15.6.